The number of thioether (sulfide) groups is 1. The van der Waals surface area contributed by atoms with E-state index in [4.69, 9.17) is 9.72 Å². The van der Waals surface area contributed by atoms with Crippen LogP contribution < -0.4 is 10.9 Å². The van der Waals surface area contributed by atoms with Gasteiger partial charge in [0, 0.05) is 32.0 Å². The zero-order valence-electron chi connectivity index (χ0n) is 18.7. The van der Waals surface area contributed by atoms with Crippen molar-refractivity contribution >= 4 is 28.7 Å². The van der Waals surface area contributed by atoms with Crippen LogP contribution in [-0.4, -0.2) is 45.5 Å². The molecule has 2 heterocycles. The van der Waals surface area contributed by atoms with E-state index in [9.17, 15) is 9.59 Å². The average Bonchev–Trinajstić information content (AvgIpc) is 3.15. The number of nitrogens with zero attached hydrogens (tertiary/aromatic N) is 3. The summed E-state index contributed by atoms with van der Waals surface area (Å²) in [7, 11) is 3.47. The topological polar surface area (TPSA) is 78.2 Å². The maximum Gasteiger partial charge on any atom is 0.278 e. The summed E-state index contributed by atoms with van der Waals surface area (Å²) in [6.07, 6.45) is 7.62. The predicted molar refractivity (Wildman–Crippen MR) is 128 cm³/mol. The number of nitrogens with one attached hydrogen (secondary N) is 1. The molecule has 32 heavy (non-hydrogen) atoms. The maximum atomic E-state index is 13.4. The first-order valence-corrected chi connectivity index (χ1v) is 12.1. The van der Waals surface area contributed by atoms with Gasteiger partial charge in [0.25, 0.3) is 5.56 Å². The standard InChI is InChI=1S/C24H30N4O3S/c1-27-15-19(17-9-5-3-6-10-17)21-22(27)23(30)28(13-14-31-2)24(26-21)32-16-20(29)25-18-11-7-4-8-12-18/h3,5-6,9-10,15,18H,4,7-8,11-14,16H2,1-2H3,(H,25,29). The Labute approximate surface area is 192 Å². The molecule has 1 aliphatic carbocycles. The smallest absolute Gasteiger partial charge is 0.278 e. The van der Waals surface area contributed by atoms with Gasteiger partial charge in [0.05, 0.1) is 18.9 Å². The van der Waals surface area contributed by atoms with E-state index in [0.717, 1.165) is 24.0 Å². The fraction of sp³-hybridized carbons (Fsp3) is 0.458. The number of hydrogen-bond donors (Lipinski definition) is 1. The highest BCUT2D eigenvalue weighted by molar-refractivity contribution is 7.99. The monoisotopic (exact) mass is 454 g/mol. The quantitative estimate of drug-likeness (QED) is 0.416. The number of aryl methyl sites for hydroxylation is 1. The normalized spacial score (nSPS) is 14.7. The van der Waals surface area contributed by atoms with Crippen LogP contribution in [0.4, 0.5) is 0 Å². The lowest BCUT2D eigenvalue weighted by atomic mass is 9.95. The summed E-state index contributed by atoms with van der Waals surface area (Å²) >= 11 is 1.31. The van der Waals surface area contributed by atoms with E-state index in [1.165, 1.54) is 31.0 Å². The van der Waals surface area contributed by atoms with Crippen LogP contribution >= 0.6 is 11.8 Å². The number of methoxy groups -OCH3 is 1. The zero-order valence-corrected chi connectivity index (χ0v) is 19.5. The Kier molecular flexibility index (Phi) is 7.32. The molecule has 0 bridgehead atoms. The number of aromatic nitrogens is 3. The van der Waals surface area contributed by atoms with Gasteiger partial charge >= 0.3 is 0 Å². The van der Waals surface area contributed by atoms with E-state index in [2.05, 4.69) is 5.32 Å². The van der Waals surface area contributed by atoms with E-state index < -0.39 is 0 Å². The second kappa shape index (κ2) is 10.4. The lowest BCUT2D eigenvalue weighted by molar-refractivity contribution is -0.119. The van der Waals surface area contributed by atoms with Crippen LogP contribution in [0.2, 0.25) is 0 Å². The Morgan fingerprint density at radius 3 is 2.69 bits per heavy atom. The number of amides is 1. The number of fused-ring (bicyclic) bond motifs is 1. The summed E-state index contributed by atoms with van der Waals surface area (Å²) < 4.78 is 8.67. The van der Waals surface area contributed by atoms with Gasteiger partial charge in [0.2, 0.25) is 5.91 Å². The Hall–Kier alpha value is -2.58. The molecule has 0 saturated heterocycles. The first-order valence-electron chi connectivity index (χ1n) is 11.1. The number of rotatable bonds is 8. The Morgan fingerprint density at radius 2 is 1.97 bits per heavy atom. The van der Waals surface area contributed by atoms with E-state index in [1.54, 1.807) is 11.7 Å². The Balaban J connectivity index is 1.66. The van der Waals surface area contributed by atoms with Crippen LogP contribution in [0.25, 0.3) is 22.2 Å². The van der Waals surface area contributed by atoms with E-state index >= 15 is 0 Å². The first kappa shape index (κ1) is 22.6. The maximum absolute atomic E-state index is 13.4. The molecular formula is C24H30N4O3S. The van der Waals surface area contributed by atoms with Crippen molar-refractivity contribution in [3.8, 4) is 11.1 Å². The Bertz CT molecular complexity index is 1130. The fourth-order valence-electron chi connectivity index (χ4n) is 4.32. The second-order valence-corrected chi connectivity index (χ2v) is 9.19. The lowest BCUT2D eigenvalue weighted by Crippen LogP contribution is -2.37. The van der Waals surface area contributed by atoms with Gasteiger partial charge in [-0.2, -0.15) is 0 Å². The molecule has 0 aliphatic heterocycles. The average molecular weight is 455 g/mol. The van der Waals surface area contributed by atoms with E-state index in [1.807, 2.05) is 48.1 Å². The molecule has 0 unspecified atom stereocenters. The van der Waals surface area contributed by atoms with Crippen LogP contribution in [-0.2, 0) is 23.1 Å². The summed E-state index contributed by atoms with van der Waals surface area (Å²) in [5, 5.41) is 3.68. The molecule has 1 saturated carbocycles. The molecule has 1 aliphatic rings. The van der Waals surface area contributed by atoms with Crippen molar-refractivity contribution in [3.63, 3.8) is 0 Å². The summed E-state index contributed by atoms with van der Waals surface area (Å²) in [4.78, 5) is 30.9. The molecule has 0 atom stereocenters. The summed E-state index contributed by atoms with van der Waals surface area (Å²) in [5.74, 6) is 0.223. The molecule has 0 radical (unpaired) electrons. The van der Waals surface area contributed by atoms with Crippen LogP contribution in [0.5, 0.6) is 0 Å². The zero-order chi connectivity index (χ0) is 22.5. The minimum absolute atomic E-state index is 0.00844. The second-order valence-electron chi connectivity index (χ2n) is 8.25. The van der Waals surface area contributed by atoms with Crippen LogP contribution in [0, 0.1) is 0 Å². The highest BCUT2D eigenvalue weighted by Gasteiger charge is 2.20. The number of carbonyl (C=O) groups excluding carboxylic acids is 1. The van der Waals surface area contributed by atoms with Gasteiger partial charge in [0.15, 0.2) is 5.16 Å². The third-order valence-electron chi connectivity index (χ3n) is 5.95. The van der Waals surface area contributed by atoms with Crippen LogP contribution in [0.3, 0.4) is 0 Å². The minimum atomic E-state index is -0.119. The number of hydrogen-bond acceptors (Lipinski definition) is 5. The highest BCUT2D eigenvalue weighted by Crippen LogP contribution is 2.29. The van der Waals surface area contributed by atoms with Crippen molar-refractivity contribution in [1.82, 2.24) is 19.4 Å². The summed E-state index contributed by atoms with van der Waals surface area (Å²) in [5.41, 5.74) is 3.01. The number of benzene rings is 1. The summed E-state index contributed by atoms with van der Waals surface area (Å²) in [6.45, 7) is 0.779. The van der Waals surface area contributed by atoms with Crippen LogP contribution in [0.15, 0.2) is 46.5 Å². The fourth-order valence-corrected chi connectivity index (χ4v) is 5.14. The van der Waals surface area contributed by atoms with Gasteiger partial charge in [-0.05, 0) is 18.4 Å². The first-order chi connectivity index (χ1) is 15.6. The molecule has 8 heteroatoms. The molecular weight excluding hydrogens is 424 g/mol. The largest absolute Gasteiger partial charge is 0.383 e. The Morgan fingerprint density at radius 1 is 1.22 bits per heavy atom. The van der Waals surface area contributed by atoms with Crippen molar-refractivity contribution in [2.24, 2.45) is 7.05 Å². The third kappa shape index (κ3) is 4.91. The molecule has 1 N–H and O–H groups in total. The van der Waals surface area contributed by atoms with E-state index in [0.29, 0.717) is 29.3 Å². The van der Waals surface area contributed by atoms with Crippen molar-refractivity contribution in [2.75, 3.05) is 19.5 Å². The molecule has 1 aromatic carbocycles. The lowest BCUT2D eigenvalue weighted by Gasteiger charge is -2.22. The molecule has 170 valence electrons. The van der Waals surface area contributed by atoms with Gasteiger partial charge in [-0.15, -0.1) is 0 Å². The van der Waals surface area contributed by atoms with Crippen LogP contribution in [0.1, 0.15) is 32.1 Å². The van der Waals surface area contributed by atoms with Crippen molar-refractivity contribution in [1.29, 1.82) is 0 Å². The molecule has 1 amide bonds. The van der Waals surface area contributed by atoms with Gasteiger partial charge in [-0.1, -0.05) is 61.4 Å². The van der Waals surface area contributed by atoms with Gasteiger partial charge in [-0.25, -0.2) is 4.98 Å². The minimum Gasteiger partial charge on any atom is -0.383 e. The molecule has 3 aromatic rings. The third-order valence-corrected chi connectivity index (χ3v) is 6.92. The number of carbonyl (C=O) groups is 1. The molecule has 0 spiro atoms. The van der Waals surface area contributed by atoms with Crippen molar-refractivity contribution in [3.05, 3.63) is 46.9 Å². The number of ether oxygens (including phenoxy) is 1. The predicted octanol–water partition coefficient (Wildman–Crippen LogP) is 3.59. The van der Waals surface area contributed by atoms with Gasteiger partial charge < -0.3 is 14.6 Å². The van der Waals surface area contributed by atoms with Crippen molar-refractivity contribution in [2.45, 2.75) is 49.8 Å². The van der Waals surface area contributed by atoms with Crippen molar-refractivity contribution < 1.29 is 9.53 Å². The SMILES string of the molecule is COCCn1c(SCC(=O)NC2CCCCC2)nc2c(-c3ccccc3)cn(C)c2c1=O. The highest BCUT2D eigenvalue weighted by atomic mass is 32.2. The molecule has 7 nitrogen and oxygen atoms in total. The molecule has 1 fully saturated rings. The van der Waals surface area contributed by atoms with Gasteiger partial charge in [0.1, 0.15) is 11.0 Å². The molecule has 4 rings (SSSR count). The van der Waals surface area contributed by atoms with Gasteiger partial charge in [-0.3, -0.25) is 14.2 Å². The summed E-state index contributed by atoms with van der Waals surface area (Å²) in [6, 6.07) is 10.2. The van der Waals surface area contributed by atoms with E-state index in [-0.39, 0.29) is 23.3 Å². The molecule has 2 aromatic heterocycles.